The molecule has 2 N–H and O–H groups in total. The van der Waals surface area contributed by atoms with E-state index in [0.717, 1.165) is 11.1 Å². The van der Waals surface area contributed by atoms with E-state index in [0.29, 0.717) is 24.1 Å². The highest BCUT2D eigenvalue weighted by atomic mass is 35.5. The second kappa shape index (κ2) is 5.07. The molecule has 7 heteroatoms. The lowest BCUT2D eigenvalue weighted by Gasteiger charge is -2.35. The van der Waals surface area contributed by atoms with Crippen LogP contribution in [0, 0.1) is 13.8 Å². The Morgan fingerprint density at radius 3 is 2.83 bits per heavy atom. The summed E-state index contributed by atoms with van der Waals surface area (Å²) in [5.41, 5.74) is 7.14. The van der Waals surface area contributed by atoms with Crippen LogP contribution in [0.4, 0.5) is 5.82 Å². The molecule has 18 heavy (non-hydrogen) atoms. The van der Waals surface area contributed by atoms with E-state index in [9.17, 15) is 4.79 Å². The molecule has 0 aromatic carbocycles. The van der Waals surface area contributed by atoms with Gasteiger partial charge in [0, 0.05) is 6.54 Å². The monoisotopic (exact) mass is 270 g/mol. The third kappa shape index (κ3) is 2.26. The Hall–Kier alpha value is -1.40. The predicted octanol–water partition coefficient (Wildman–Crippen LogP) is 0.437. The molecular formula is C11H15ClN4O2. The van der Waals surface area contributed by atoms with Crippen molar-refractivity contribution in [1.82, 2.24) is 10.2 Å². The van der Waals surface area contributed by atoms with Gasteiger partial charge < -0.3 is 15.4 Å². The maximum absolute atomic E-state index is 11.4. The van der Waals surface area contributed by atoms with Crippen molar-refractivity contribution in [3.8, 4) is 0 Å². The van der Waals surface area contributed by atoms with Crippen molar-refractivity contribution in [3.05, 3.63) is 16.3 Å². The first kappa shape index (κ1) is 13.0. The van der Waals surface area contributed by atoms with Crippen molar-refractivity contribution in [2.45, 2.75) is 19.9 Å². The highest BCUT2D eigenvalue weighted by Crippen LogP contribution is 2.26. The number of rotatable bonds is 2. The van der Waals surface area contributed by atoms with Crippen LogP contribution in [0.2, 0.25) is 5.15 Å². The summed E-state index contributed by atoms with van der Waals surface area (Å²) in [6.45, 7) is 5.14. The third-order valence-corrected chi connectivity index (χ3v) is 3.53. The second-order valence-corrected chi connectivity index (χ2v) is 4.61. The van der Waals surface area contributed by atoms with Gasteiger partial charge in [-0.2, -0.15) is 0 Å². The van der Waals surface area contributed by atoms with E-state index in [-0.39, 0.29) is 6.61 Å². The number of hydrogen-bond donors (Lipinski definition) is 1. The van der Waals surface area contributed by atoms with Crippen LogP contribution in [-0.4, -0.2) is 41.9 Å². The van der Waals surface area contributed by atoms with Gasteiger partial charge in [0.1, 0.15) is 6.04 Å². The summed E-state index contributed by atoms with van der Waals surface area (Å²) in [6.07, 6.45) is 0. The van der Waals surface area contributed by atoms with E-state index < -0.39 is 11.9 Å². The Kier molecular flexibility index (Phi) is 3.68. The molecule has 0 aliphatic carbocycles. The van der Waals surface area contributed by atoms with Gasteiger partial charge in [-0.3, -0.25) is 4.79 Å². The number of halogens is 1. The zero-order chi connectivity index (χ0) is 13.3. The van der Waals surface area contributed by atoms with E-state index in [1.807, 2.05) is 18.7 Å². The fourth-order valence-corrected chi connectivity index (χ4v) is 2.11. The van der Waals surface area contributed by atoms with Crippen LogP contribution in [0.5, 0.6) is 0 Å². The van der Waals surface area contributed by atoms with Gasteiger partial charge in [-0.05, 0) is 25.0 Å². The minimum Gasteiger partial charge on any atom is -0.377 e. The Morgan fingerprint density at radius 1 is 1.44 bits per heavy atom. The standard InChI is InChI=1S/C11H15ClN4O2/c1-6-7(2)11(15-14-9(6)12)16-3-4-18-5-8(16)10(13)17/h8H,3-5H2,1-2H3,(H2,13,17). The normalized spacial score (nSPS) is 19.9. The first-order valence-corrected chi connectivity index (χ1v) is 6.03. The van der Waals surface area contributed by atoms with Gasteiger partial charge in [-0.15, -0.1) is 10.2 Å². The van der Waals surface area contributed by atoms with Crippen molar-refractivity contribution >= 4 is 23.3 Å². The van der Waals surface area contributed by atoms with Gasteiger partial charge in [0.15, 0.2) is 11.0 Å². The summed E-state index contributed by atoms with van der Waals surface area (Å²) >= 11 is 5.92. The molecule has 1 unspecified atom stereocenters. The largest absolute Gasteiger partial charge is 0.377 e. The molecule has 1 aromatic heterocycles. The number of nitrogens with zero attached hydrogens (tertiary/aromatic N) is 3. The minimum absolute atomic E-state index is 0.276. The highest BCUT2D eigenvalue weighted by molar-refractivity contribution is 6.30. The van der Waals surface area contributed by atoms with Crippen molar-refractivity contribution in [2.24, 2.45) is 5.73 Å². The van der Waals surface area contributed by atoms with Crippen molar-refractivity contribution in [1.29, 1.82) is 0 Å². The molecule has 1 amide bonds. The summed E-state index contributed by atoms with van der Waals surface area (Å²) in [5.74, 6) is 0.215. The molecule has 0 bridgehead atoms. The maximum atomic E-state index is 11.4. The number of nitrogens with two attached hydrogens (primary N) is 1. The molecule has 2 rings (SSSR count). The number of ether oxygens (including phenoxy) is 1. The minimum atomic E-state index is -0.507. The molecular weight excluding hydrogens is 256 g/mol. The Labute approximate surface area is 110 Å². The number of anilines is 1. The zero-order valence-corrected chi connectivity index (χ0v) is 11.1. The average Bonchev–Trinajstić information content (AvgIpc) is 2.36. The van der Waals surface area contributed by atoms with E-state index in [2.05, 4.69) is 10.2 Å². The Morgan fingerprint density at radius 2 is 2.17 bits per heavy atom. The van der Waals surface area contributed by atoms with Crippen molar-refractivity contribution in [2.75, 3.05) is 24.7 Å². The molecule has 0 saturated carbocycles. The van der Waals surface area contributed by atoms with Gasteiger partial charge in [-0.25, -0.2) is 0 Å². The van der Waals surface area contributed by atoms with Crippen molar-refractivity contribution in [3.63, 3.8) is 0 Å². The SMILES string of the molecule is Cc1c(Cl)nnc(N2CCOCC2C(N)=O)c1C. The van der Waals surface area contributed by atoms with E-state index in [4.69, 9.17) is 22.1 Å². The van der Waals surface area contributed by atoms with Crippen LogP contribution in [0.15, 0.2) is 0 Å². The Bertz CT molecular complexity index is 480. The average molecular weight is 271 g/mol. The Balaban J connectivity index is 2.40. The van der Waals surface area contributed by atoms with E-state index in [1.165, 1.54) is 0 Å². The van der Waals surface area contributed by atoms with Gasteiger partial charge >= 0.3 is 0 Å². The fraction of sp³-hybridized carbons (Fsp3) is 0.545. The summed E-state index contributed by atoms with van der Waals surface area (Å²) in [7, 11) is 0. The molecule has 98 valence electrons. The highest BCUT2D eigenvalue weighted by Gasteiger charge is 2.30. The number of aromatic nitrogens is 2. The van der Waals surface area contributed by atoms with Gasteiger partial charge in [0.2, 0.25) is 5.91 Å². The molecule has 0 radical (unpaired) electrons. The molecule has 1 aliphatic rings. The smallest absolute Gasteiger partial charge is 0.242 e. The van der Waals surface area contributed by atoms with Crippen LogP contribution in [0.25, 0.3) is 0 Å². The molecule has 1 saturated heterocycles. The number of carbonyl (C=O) groups is 1. The molecule has 2 heterocycles. The van der Waals surface area contributed by atoms with Gasteiger partial charge in [0.05, 0.1) is 13.2 Å². The number of primary amides is 1. The quantitative estimate of drug-likeness (QED) is 0.843. The molecule has 1 aromatic rings. The van der Waals surface area contributed by atoms with Crippen LogP contribution in [-0.2, 0) is 9.53 Å². The molecule has 0 spiro atoms. The second-order valence-electron chi connectivity index (χ2n) is 4.25. The topological polar surface area (TPSA) is 81.3 Å². The maximum Gasteiger partial charge on any atom is 0.242 e. The summed E-state index contributed by atoms with van der Waals surface area (Å²) in [5, 5.41) is 8.34. The fourth-order valence-electron chi connectivity index (χ4n) is 1.93. The van der Waals surface area contributed by atoms with Crippen LogP contribution in [0.1, 0.15) is 11.1 Å². The van der Waals surface area contributed by atoms with Crippen molar-refractivity contribution < 1.29 is 9.53 Å². The van der Waals surface area contributed by atoms with E-state index >= 15 is 0 Å². The molecule has 6 nitrogen and oxygen atoms in total. The van der Waals surface area contributed by atoms with Crippen LogP contribution >= 0.6 is 11.6 Å². The first-order valence-electron chi connectivity index (χ1n) is 5.65. The summed E-state index contributed by atoms with van der Waals surface area (Å²) in [6, 6.07) is -0.507. The van der Waals surface area contributed by atoms with Crippen LogP contribution in [0.3, 0.4) is 0 Å². The predicted molar refractivity (Wildman–Crippen MR) is 67.7 cm³/mol. The molecule has 1 aliphatic heterocycles. The number of hydrogen-bond acceptors (Lipinski definition) is 5. The number of carbonyl (C=O) groups excluding carboxylic acids is 1. The number of amides is 1. The third-order valence-electron chi connectivity index (χ3n) is 3.17. The lowest BCUT2D eigenvalue weighted by Crippen LogP contribution is -2.53. The van der Waals surface area contributed by atoms with Crippen LogP contribution < -0.4 is 10.6 Å². The summed E-state index contributed by atoms with van der Waals surface area (Å²) < 4.78 is 5.27. The molecule has 1 fully saturated rings. The van der Waals surface area contributed by atoms with Gasteiger partial charge in [-0.1, -0.05) is 11.6 Å². The first-order chi connectivity index (χ1) is 8.52. The van der Waals surface area contributed by atoms with E-state index in [1.54, 1.807) is 0 Å². The zero-order valence-electron chi connectivity index (χ0n) is 10.3. The lowest BCUT2D eigenvalue weighted by atomic mass is 10.1. The summed E-state index contributed by atoms with van der Waals surface area (Å²) in [4.78, 5) is 13.3. The number of morpholine rings is 1. The molecule has 1 atom stereocenters. The van der Waals surface area contributed by atoms with Gasteiger partial charge in [0.25, 0.3) is 0 Å². The lowest BCUT2D eigenvalue weighted by molar-refractivity contribution is -0.121.